The van der Waals surface area contributed by atoms with E-state index in [1.807, 2.05) is 11.0 Å². The van der Waals surface area contributed by atoms with Crippen LogP contribution in [0.3, 0.4) is 0 Å². The van der Waals surface area contributed by atoms with E-state index >= 15 is 0 Å². The lowest BCUT2D eigenvalue weighted by atomic mass is 10.3. The number of piperazine rings is 1. The molecule has 1 aliphatic rings. The molecule has 0 atom stereocenters. The van der Waals surface area contributed by atoms with Crippen LogP contribution in [0.15, 0.2) is 44.9 Å². The molecule has 0 aliphatic carbocycles. The molecule has 1 saturated heterocycles. The first-order valence-corrected chi connectivity index (χ1v) is 9.53. The zero-order valence-corrected chi connectivity index (χ0v) is 17.5. The van der Waals surface area contributed by atoms with Gasteiger partial charge in [0.15, 0.2) is 5.96 Å². The molecule has 0 spiro atoms. The molecule has 2 aromatic heterocycles. The lowest BCUT2D eigenvalue weighted by molar-refractivity contribution is 0.259. The number of furan rings is 1. The summed E-state index contributed by atoms with van der Waals surface area (Å²) in [5, 5.41) is 6.93. The van der Waals surface area contributed by atoms with E-state index < -0.39 is 10.0 Å². The van der Waals surface area contributed by atoms with Crippen molar-refractivity contribution in [1.29, 1.82) is 0 Å². The van der Waals surface area contributed by atoms with E-state index in [4.69, 9.17) is 8.94 Å². The van der Waals surface area contributed by atoms with Crippen molar-refractivity contribution in [2.75, 3.05) is 33.2 Å². The summed E-state index contributed by atoms with van der Waals surface area (Å²) in [6.45, 7) is 2.57. The Morgan fingerprint density at radius 2 is 2.04 bits per heavy atom. The Morgan fingerprint density at radius 1 is 1.27 bits per heavy atom. The van der Waals surface area contributed by atoms with Gasteiger partial charge in [0.1, 0.15) is 12.0 Å². The van der Waals surface area contributed by atoms with Crippen molar-refractivity contribution >= 4 is 40.0 Å². The minimum Gasteiger partial charge on any atom is -0.472 e. The maximum absolute atomic E-state index is 12.4. The molecule has 2 aromatic rings. The van der Waals surface area contributed by atoms with Gasteiger partial charge in [0, 0.05) is 51.4 Å². The molecule has 0 aromatic carbocycles. The summed E-state index contributed by atoms with van der Waals surface area (Å²) < 4.78 is 36.1. The summed E-state index contributed by atoms with van der Waals surface area (Å²) in [5.74, 6) is 0.603. The fraction of sp³-hybridized carbons (Fsp3) is 0.467. The average Bonchev–Trinajstić information content (AvgIpc) is 3.29. The van der Waals surface area contributed by atoms with Gasteiger partial charge in [-0.2, -0.15) is 4.31 Å². The van der Waals surface area contributed by atoms with Gasteiger partial charge < -0.3 is 19.2 Å². The normalized spacial score (nSPS) is 16.3. The first kappa shape index (κ1) is 20.7. The Balaban J connectivity index is 0.00000243. The molecular formula is C15H22IN5O4S. The third-order valence-corrected chi connectivity index (χ3v) is 5.81. The summed E-state index contributed by atoms with van der Waals surface area (Å²) in [6, 6.07) is 3.45. The number of hydrogen-bond acceptors (Lipinski definition) is 6. The number of aromatic nitrogens is 1. The van der Waals surface area contributed by atoms with Crippen molar-refractivity contribution < 1.29 is 17.4 Å². The van der Waals surface area contributed by atoms with E-state index in [2.05, 4.69) is 15.5 Å². The quantitative estimate of drug-likeness (QED) is 0.377. The van der Waals surface area contributed by atoms with Gasteiger partial charge in [0.05, 0.1) is 18.2 Å². The van der Waals surface area contributed by atoms with Crippen LogP contribution in [0.1, 0.15) is 11.3 Å². The minimum atomic E-state index is -3.40. The maximum Gasteiger partial charge on any atom is 0.220 e. The summed E-state index contributed by atoms with van der Waals surface area (Å²) in [7, 11) is -1.68. The molecule has 0 bridgehead atoms. The van der Waals surface area contributed by atoms with Crippen LogP contribution in [0.25, 0.3) is 0 Å². The Kier molecular flexibility index (Phi) is 7.46. The monoisotopic (exact) mass is 495 g/mol. The Morgan fingerprint density at radius 3 is 2.62 bits per heavy atom. The Bertz CT molecular complexity index is 784. The van der Waals surface area contributed by atoms with Gasteiger partial charge in [-0.15, -0.1) is 24.0 Å². The van der Waals surface area contributed by atoms with Crippen LogP contribution in [0.5, 0.6) is 0 Å². The van der Waals surface area contributed by atoms with Gasteiger partial charge in [-0.05, 0) is 6.07 Å². The zero-order chi connectivity index (χ0) is 17.7. The number of rotatable bonds is 5. The topological polar surface area (TPSA) is 104 Å². The van der Waals surface area contributed by atoms with Crippen LogP contribution < -0.4 is 5.32 Å². The smallest absolute Gasteiger partial charge is 0.220 e. The summed E-state index contributed by atoms with van der Waals surface area (Å²) in [5.41, 5.74) is 1.44. The lowest BCUT2D eigenvalue weighted by Gasteiger charge is -2.35. The molecule has 1 N–H and O–H groups in total. The van der Waals surface area contributed by atoms with E-state index in [1.165, 1.54) is 10.6 Å². The molecule has 0 radical (unpaired) electrons. The highest BCUT2D eigenvalue weighted by Gasteiger charge is 2.28. The molecule has 1 fully saturated rings. The number of halogens is 1. The molecule has 0 amide bonds. The first-order valence-electron chi connectivity index (χ1n) is 7.92. The Labute approximate surface area is 169 Å². The third kappa shape index (κ3) is 5.20. The predicted octanol–water partition coefficient (Wildman–Crippen LogP) is 1.11. The van der Waals surface area contributed by atoms with Crippen LogP contribution in [-0.4, -0.2) is 62.0 Å². The van der Waals surface area contributed by atoms with Crippen molar-refractivity contribution in [2.45, 2.75) is 12.3 Å². The third-order valence-electron chi connectivity index (χ3n) is 4.00. The van der Waals surface area contributed by atoms with Crippen molar-refractivity contribution in [1.82, 2.24) is 19.7 Å². The van der Waals surface area contributed by atoms with Crippen molar-refractivity contribution in [3.8, 4) is 0 Å². The largest absolute Gasteiger partial charge is 0.472 e. The highest BCUT2D eigenvalue weighted by atomic mass is 127. The molecule has 0 saturated carbocycles. The van der Waals surface area contributed by atoms with E-state index in [0.29, 0.717) is 38.4 Å². The van der Waals surface area contributed by atoms with Crippen LogP contribution in [0, 0.1) is 0 Å². The van der Waals surface area contributed by atoms with Crippen LogP contribution in [0.4, 0.5) is 0 Å². The van der Waals surface area contributed by atoms with Crippen molar-refractivity contribution in [3.63, 3.8) is 0 Å². The van der Waals surface area contributed by atoms with Gasteiger partial charge in [-0.3, -0.25) is 4.99 Å². The minimum absolute atomic E-state index is 0. The number of sulfonamides is 1. The second-order valence-electron chi connectivity index (χ2n) is 5.67. The second-order valence-corrected chi connectivity index (χ2v) is 7.63. The molecule has 0 unspecified atom stereocenters. The highest BCUT2D eigenvalue weighted by Crippen LogP contribution is 2.13. The molecule has 3 rings (SSSR count). The summed E-state index contributed by atoms with van der Waals surface area (Å²) in [6.07, 6.45) is 4.67. The van der Waals surface area contributed by atoms with E-state index in [1.54, 1.807) is 25.6 Å². The maximum atomic E-state index is 12.4. The summed E-state index contributed by atoms with van der Waals surface area (Å²) in [4.78, 5) is 6.31. The van der Waals surface area contributed by atoms with Crippen molar-refractivity contribution in [3.05, 3.63) is 42.2 Å². The standard InChI is InChI=1S/C15H21N5O4S.HI/c1-16-15(17-10-13-2-8-23-11-13)19-4-6-20(7-5-19)25(21,22)12-14-3-9-24-18-14;/h2-3,8-9,11H,4-7,10,12H2,1H3,(H,16,17);1H. The van der Waals surface area contributed by atoms with Crippen LogP contribution >= 0.6 is 24.0 Å². The summed E-state index contributed by atoms with van der Waals surface area (Å²) >= 11 is 0. The van der Waals surface area contributed by atoms with E-state index in [9.17, 15) is 8.42 Å². The molecule has 3 heterocycles. The lowest BCUT2D eigenvalue weighted by Crippen LogP contribution is -2.53. The molecule has 144 valence electrons. The fourth-order valence-electron chi connectivity index (χ4n) is 2.67. The van der Waals surface area contributed by atoms with Gasteiger partial charge in [-0.1, -0.05) is 5.16 Å². The van der Waals surface area contributed by atoms with Gasteiger partial charge in [0.25, 0.3) is 0 Å². The first-order chi connectivity index (χ1) is 12.1. The molecule has 1 aliphatic heterocycles. The van der Waals surface area contributed by atoms with Gasteiger partial charge in [-0.25, -0.2) is 8.42 Å². The number of guanidine groups is 1. The average molecular weight is 495 g/mol. The fourth-order valence-corrected chi connectivity index (χ4v) is 4.10. The predicted molar refractivity (Wildman–Crippen MR) is 107 cm³/mol. The molecule has 9 nitrogen and oxygen atoms in total. The Hall–Kier alpha value is -1.60. The number of aliphatic imine (C=N–C) groups is 1. The van der Waals surface area contributed by atoms with E-state index in [0.717, 1.165) is 11.5 Å². The zero-order valence-electron chi connectivity index (χ0n) is 14.4. The van der Waals surface area contributed by atoms with Crippen molar-refractivity contribution in [2.24, 2.45) is 4.99 Å². The van der Waals surface area contributed by atoms with E-state index in [-0.39, 0.29) is 29.7 Å². The molecule has 26 heavy (non-hydrogen) atoms. The molecule has 11 heteroatoms. The highest BCUT2D eigenvalue weighted by molar-refractivity contribution is 14.0. The van der Waals surface area contributed by atoms with Crippen LogP contribution in [0.2, 0.25) is 0 Å². The number of nitrogens with zero attached hydrogens (tertiary/aromatic N) is 4. The van der Waals surface area contributed by atoms with Gasteiger partial charge in [0.2, 0.25) is 10.0 Å². The SMILES string of the molecule is CN=C(NCc1ccoc1)N1CCN(S(=O)(=O)Cc2ccon2)CC1.I. The second kappa shape index (κ2) is 9.37. The number of nitrogens with one attached hydrogen (secondary N) is 1. The van der Waals surface area contributed by atoms with Gasteiger partial charge >= 0.3 is 0 Å². The molecular weight excluding hydrogens is 473 g/mol. The van der Waals surface area contributed by atoms with Crippen LogP contribution in [-0.2, 0) is 22.3 Å². The number of hydrogen-bond donors (Lipinski definition) is 1.